The largest absolute Gasteiger partial charge is 0.307 e. The Bertz CT molecular complexity index is 739. The van der Waals surface area contributed by atoms with Crippen molar-refractivity contribution in [3.63, 3.8) is 0 Å². The van der Waals surface area contributed by atoms with E-state index in [9.17, 15) is 8.42 Å². The Labute approximate surface area is 138 Å². The zero-order valence-corrected chi connectivity index (χ0v) is 14.5. The Balaban J connectivity index is 2.46. The predicted molar refractivity (Wildman–Crippen MR) is 89.7 cm³/mol. The Morgan fingerprint density at radius 1 is 1.30 bits per heavy atom. The molecule has 2 rings (SSSR count). The second-order valence-electron chi connectivity index (χ2n) is 3.73. The third kappa shape index (κ3) is 3.40. The topological polar surface area (TPSA) is 97.1 Å². The molecule has 0 spiro atoms. The van der Waals surface area contributed by atoms with E-state index in [1.165, 1.54) is 12.3 Å². The van der Waals surface area contributed by atoms with E-state index < -0.39 is 10.0 Å². The molecule has 0 unspecified atom stereocenters. The lowest BCUT2D eigenvalue weighted by atomic mass is 10.3. The van der Waals surface area contributed by atoms with Gasteiger partial charge in [0.15, 0.2) is 5.82 Å². The Hall–Kier alpha value is -0.910. The maximum Gasteiger partial charge on any atom is 0.265 e. The van der Waals surface area contributed by atoms with Crippen LogP contribution in [0.4, 0.5) is 11.5 Å². The van der Waals surface area contributed by atoms with Crippen LogP contribution in [-0.4, -0.2) is 13.4 Å². The highest BCUT2D eigenvalue weighted by molar-refractivity contribution is 14.1. The maximum atomic E-state index is 12.4. The number of hydrogen-bond donors (Lipinski definition) is 3. The molecule has 0 saturated heterocycles. The second-order valence-corrected chi connectivity index (χ2v) is 7.46. The highest BCUT2D eigenvalue weighted by Crippen LogP contribution is 2.26. The zero-order chi connectivity index (χ0) is 14.8. The Kier molecular flexibility index (Phi) is 4.83. The zero-order valence-electron chi connectivity index (χ0n) is 9.97. The number of anilines is 2. The van der Waals surface area contributed by atoms with Crippen LogP contribution in [0.15, 0.2) is 45.9 Å². The molecular weight excluding hydrogens is 459 g/mol. The monoisotopic (exact) mass is 468 g/mol. The summed E-state index contributed by atoms with van der Waals surface area (Å²) in [6, 6.07) is 8.49. The summed E-state index contributed by atoms with van der Waals surface area (Å²) in [5.74, 6) is 5.37. The smallest absolute Gasteiger partial charge is 0.265 e. The van der Waals surface area contributed by atoms with Gasteiger partial charge in [-0.05, 0) is 56.7 Å². The van der Waals surface area contributed by atoms with Gasteiger partial charge in [0.25, 0.3) is 10.0 Å². The van der Waals surface area contributed by atoms with Gasteiger partial charge in [0.05, 0.1) is 5.69 Å². The summed E-state index contributed by atoms with van der Waals surface area (Å²) in [5.41, 5.74) is 2.77. The minimum atomic E-state index is -3.79. The number of pyridine rings is 1. The van der Waals surface area contributed by atoms with Crippen molar-refractivity contribution in [2.24, 2.45) is 5.84 Å². The Morgan fingerprint density at radius 2 is 2.00 bits per heavy atom. The maximum absolute atomic E-state index is 12.4. The molecule has 0 aliphatic rings. The van der Waals surface area contributed by atoms with E-state index in [0.717, 1.165) is 3.57 Å². The molecule has 0 radical (unpaired) electrons. The number of para-hydroxylation sites is 1. The highest BCUT2D eigenvalue weighted by atomic mass is 127. The molecule has 1 aromatic heterocycles. The molecule has 0 amide bonds. The number of sulfonamides is 1. The van der Waals surface area contributed by atoms with E-state index >= 15 is 0 Å². The lowest BCUT2D eigenvalue weighted by Gasteiger charge is -2.12. The van der Waals surface area contributed by atoms with Gasteiger partial charge in [-0.15, -0.1) is 0 Å². The van der Waals surface area contributed by atoms with Crippen LogP contribution in [0.1, 0.15) is 0 Å². The van der Waals surface area contributed by atoms with Crippen molar-refractivity contribution >= 4 is 60.0 Å². The third-order valence-electron chi connectivity index (χ3n) is 2.36. The van der Waals surface area contributed by atoms with Gasteiger partial charge < -0.3 is 5.43 Å². The van der Waals surface area contributed by atoms with Crippen molar-refractivity contribution in [1.82, 2.24) is 4.98 Å². The van der Waals surface area contributed by atoms with Crippen molar-refractivity contribution in [2.75, 3.05) is 10.1 Å². The number of benzene rings is 1. The first-order chi connectivity index (χ1) is 9.44. The fourth-order valence-electron chi connectivity index (χ4n) is 1.48. The van der Waals surface area contributed by atoms with Crippen LogP contribution in [-0.2, 0) is 10.0 Å². The van der Waals surface area contributed by atoms with E-state index in [4.69, 9.17) is 5.84 Å². The first kappa shape index (κ1) is 15.5. The van der Waals surface area contributed by atoms with Gasteiger partial charge in [-0.25, -0.2) is 19.2 Å². The SMILES string of the molecule is NNc1ncc(Br)cc1S(=O)(=O)Nc1ccccc1I. The number of hydrazine groups is 1. The van der Waals surface area contributed by atoms with Gasteiger partial charge in [-0.1, -0.05) is 12.1 Å². The van der Waals surface area contributed by atoms with Crippen LogP contribution in [0.3, 0.4) is 0 Å². The van der Waals surface area contributed by atoms with Gasteiger partial charge >= 0.3 is 0 Å². The number of nitrogens with two attached hydrogens (primary N) is 1. The number of hydrogen-bond acceptors (Lipinski definition) is 5. The first-order valence-corrected chi connectivity index (χ1v) is 8.69. The van der Waals surface area contributed by atoms with Crippen molar-refractivity contribution in [3.05, 3.63) is 44.6 Å². The lowest BCUT2D eigenvalue weighted by molar-refractivity contribution is 0.601. The molecule has 20 heavy (non-hydrogen) atoms. The number of nitrogen functional groups attached to an aromatic ring is 1. The van der Waals surface area contributed by atoms with Gasteiger partial charge in [-0.2, -0.15) is 0 Å². The summed E-state index contributed by atoms with van der Waals surface area (Å²) < 4.78 is 28.7. The molecule has 0 saturated carbocycles. The average molecular weight is 469 g/mol. The van der Waals surface area contributed by atoms with E-state index in [0.29, 0.717) is 10.2 Å². The van der Waals surface area contributed by atoms with Crippen LogP contribution in [0.25, 0.3) is 0 Å². The summed E-state index contributed by atoms with van der Waals surface area (Å²) in [4.78, 5) is 3.89. The van der Waals surface area contributed by atoms with E-state index in [1.807, 2.05) is 6.07 Å². The van der Waals surface area contributed by atoms with Crippen LogP contribution in [0.2, 0.25) is 0 Å². The van der Waals surface area contributed by atoms with Gasteiger partial charge in [0, 0.05) is 14.2 Å². The quantitative estimate of drug-likeness (QED) is 0.364. The fraction of sp³-hybridized carbons (Fsp3) is 0. The molecule has 106 valence electrons. The van der Waals surface area contributed by atoms with Crippen LogP contribution in [0.5, 0.6) is 0 Å². The second kappa shape index (κ2) is 6.24. The molecular formula is C11H10BrIN4O2S. The van der Waals surface area contributed by atoms with Crippen molar-refractivity contribution < 1.29 is 8.42 Å². The van der Waals surface area contributed by atoms with Crippen LogP contribution in [0, 0.1) is 3.57 Å². The lowest BCUT2D eigenvalue weighted by Crippen LogP contribution is -2.19. The summed E-state index contributed by atoms with van der Waals surface area (Å²) in [6.07, 6.45) is 1.46. The molecule has 0 aliphatic carbocycles. The number of aromatic nitrogens is 1. The number of halogens is 2. The predicted octanol–water partition coefficient (Wildman–Crippen LogP) is 2.54. The normalized spacial score (nSPS) is 11.2. The molecule has 2 aromatic rings. The minimum Gasteiger partial charge on any atom is -0.307 e. The van der Waals surface area contributed by atoms with Gasteiger partial charge in [0.2, 0.25) is 0 Å². The summed E-state index contributed by atoms with van der Waals surface area (Å²) >= 11 is 5.25. The summed E-state index contributed by atoms with van der Waals surface area (Å²) in [6.45, 7) is 0. The van der Waals surface area contributed by atoms with Gasteiger partial charge in [-0.3, -0.25) is 4.72 Å². The van der Waals surface area contributed by atoms with Crippen LogP contribution < -0.4 is 16.0 Å². The molecule has 9 heteroatoms. The molecule has 4 N–H and O–H groups in total. The van der Waals surface area contributed by atoms with Crippen molar-refractivity contribution in [1.29, 1.82) is 0 Å². The standard InChI is InChI=1S/C11H10BrIN4O2S/c12-7-5-10(11(16-14)15-6-7)20(18,19)17-9-4-2-1-3-8(9)13/h1-6,17H,14H2,(H,15,16). The molecule has 0 aliphatic heterocycles. The minimum absolute atomic E-state index is 0.0333. The van der Waals surface area contributed by atoms with Crippen molar-refractivity contribution in [3.8, 4) is 0 Å². The number of nitrogens with one attached hydrogen (secondary N) is 2. The Morgan fingerprint density at radius 3 is 2.65 bits per heavy atom. The average Bonchev–Trinajstić information content (AvgIpc) is 2.41. The highest BCUT2D eigenvalue weighted by Gasteiger charge is 2.21. The van der Waals surface area contributed by atoms with E-state index in [2.05, 4.69) is 53.7 Å². The first-order valence-electron chi connectivity index (χ1n) is 5.33. The molecule has 0 fully saturated rings. The molecule has 0 bridgehead atoms. The molecule has 1 heterocycles. The van der Waals surface area contributed by atoms with Crippen LogP contribution >= 0.6 is 38.5 Å². The molecule has 1 aromatic carbocycles. The summed E-state index contributed by atoms with van der Waals surface area (Å²) in [5, 5.41) is 0. The van der Waals surface area contributed by atoms with E-state index in [1.54, 1.807) is 18.2 Å². The number of nitrogens with zero attached hydrogens (tertiary/aromatic N) is 1. The molecule has 0 atom stereocenters. The van der Waals surface area contributed by atoms with Gasteiger partial charge in [0.1, 0.15) is 4.90 Å². The van der Waals surface area contributed by atoms with Crippen molar-refractivity contribution in [2.45, 2.75) is 4.90 Å². The fourth-order valence-corrected chi connectivity index (χ4v) is 3.89. The summed E-state index contributed by atoms with van der Waals surface area (Å²) in [7, 11) is -3.79. The van der Waals surface area contributed by atoms with E-state index in [-0.39, 0.29) is 10.7 Å². The third-order valence-corrected chi connectivity index (χ3v) is 5.12. The molecule has 6 nitrogen and oxygen atoms in total. The number of rotatable bonds is 4.